The Hall–Kier alpha value is -1.32. The fourth-order valence-corrected chi connectivity index (χ4v) is 1.08. The zero-order chi connectivity index (χ0) is 10.6. The fourth-order valence-electron chi connectivity index (χ4n) is 1.08. The van der Waals surface area contributed by atoms with Gasteiger partial charge in [-0.15, -0.1) is 0 Å². The van der Waals surface area contributed by atoms with E-state index in [1.807, 2.05) is 6.92 Å². The van der Waals surface area contributed by atoms with E-state index in [1.165, 1.54) is 0 Å². The van der Waals surface area contributed by atoms with Crippen molar-refractivity contribution in [3.63, 3.8) is 0 Å². The van der Waals surface area contributed by atoms with Crippen molar-refractivity contribution in [3.8, 4) is 0 Å². The average Bonchev–Trinajstić information content (AvgIpc) is 2.02. The van der Waals surface area contributed by atoms with Gasteiger partial charge in [-0.1, -0.05) is 0 Å². The summed E-state index contributed by atoms with van der Waals surface area (Å²) in [5, 5.41) is 6.39. The normalized spacial score (nSPS) is 11.1. The van der Waals surface area contributed by atoms with Crippen LogP contribution in [0.5, 0.6) is 0 Å². The Balaban J connectivity index is 2.73. The van der Waals surface area contributed by atoms with E-state index in [9.17, 15) is 0 Å². The lowest BCUT2D eigenvalue weighted by Crippen LogP contribution is -2.26. The van der Waals surface area contributed by atoms with Crippen molar-refractivity contribution in [1.82, 2.24) is 9.97 Å². The van der Waals surface area contributed by atoms with Crippen LogP contribution in [-0.2, 0) is 0 Å². The molecular weight excluding hydrogens is 176 g/mol. The highest BCUT2D eigenvalue weighted by Gasteiger charge is 2.10. The molecule has 0 fully saturated rings. The van der Waals surface area contributed by atoms with Crippen molar-refractivity contribution < 1.29 is 0 Å². The van der Waals surface area contributed by atoms with Gasteiger partial charge in [-0.2, -0.15) is 0 Å². The van der Waals surface area contributed by atoms with Crippen molar-refractivity contribution in [2.24, 2.45) is 0 Å². The van der Waals surface area contributed by atoms with E-state index >= 15 is 0 Å². The van der Waals surface area contributed by atoms with Gasteiger partial charge in [0, 0.05) is 12.1 Å². The van der Waals surface area contributed by atoms with Crippen LogP contribution in [0.4, 0.5) is 11.6 Å². The summed E-state index contributed by atoms with van der Waals surface area (Å²) in [6.45, 7) is 9.16. The van der Waals surface area contributed by atoms with Crippen molar-refractivity contribution in [1.29, 1.82) is 0 Å². The minimum absolute atomic E-state index is 0.0134. The van der Waals surface area contributed by atoms with Gasteiger partial charge in [0.15, 0.2) is 0 Å². The molecule has 1 aromatic heterocycles. The SMILES string of the molecule is CCNc1cncc(NC(C)(C)C)n1. The molecule has 4 heteroatoms. The third-order valence-electron chi connectivity index (χ3n) is 1.50. The van der Waals surface area contributed by atoms with Gasteiger partial charge in [0.1, 0.15) is 11.6 Å². The molecule has 0 aliphatic heterocycles. The summed E-state index contributed by atoms with van der Waals surface area (Å²) in [5.74, 6) is 1.61. The first-order valence-corrected chi connectivity index (χ1v) is 4.85. The molecule has 0 aliphatic carbocycles. The molecule has 0 saturated heterocycles. The number of nitrogens with zero attached hydrogens (tertiary/aromatic N) is 2. The number of anilines is 2. The number of rotatable bonds is 3. The Labute approximate surface area is 85.2 Å². The van der Waals surface area contributed by atoms with Gasteiger partial charge < -0.3 is 10.6 Å². The second-order valence-corrected chi connectivity index (χ2v) is 4.19. The maximum Gasteiger partial charge on any atom is 0.147 e. The van der Waals surface area contributed by atoms with Crippen LogP contribution in [-0.4, -0.2) is 22.1 Å². The number of hydrogen-bond donors (Lipinski definition) is 2. The smallest absolute Gasteiger partial charge is 0.147 e. The van der Waals surface area contributed by atoms with E-state index in [0.29, 0.717) is 0 Å². The Morgan fingerprint density at radius 2 is 1.86 bits per heavy atom. The third-order valence-corrected chi connectivity index (χ3v) is 1.50. The van der Waals surface area contributed by atoms with Gasteiger partial charge >= 0.3 is 0 Å². The summed E-state index contributed by atoms with van der Waals surface area (Å²) in [7, 11) is 0. The van der Waals surface area contributed by atoms with E-state index in [-0.39, 0.29) is 5.54 Å². The quantitative estimate of drug-likeness (QED) is 0.773. The van der Waals surface area contributed by atoms with Gasteiger partial charge in [-0.25, -0.2) is 4.98 Å². The van der Waals surface area contributed by atoms with Gasteiger partial charge in [0.05, 0.1) is 12.4 Å². The van der Waals surface area contributed by atoms with Crippen LogP contribution in [0.1, 0.15) is 27.7 Å². The van der Waals surface area contributed by atoms with Crippen LogP contribution in [0.3, 0.4) is 0 Å². The van der Waals surface area contributed by atoms with Gasteiger partial charge in [0.2, 0.25) is 0 Å². The maximum atomic E-state index is 4.36. The molecule has 1 aromatic rings. The summed E-state index contributed by atoms with van der Waals surface area (Å²) in [6, 6.07) is 0. The lowest BCUT2D eigenvalue weighted by molar-refractivity contribution is 0.630. The van der Waals surface area contributed by atoms with Crippen LogP contribution in [0.15, 0.2) is 12.4 Å². The van der Waals surface area contributed by atoms with Crippen molar-refractivity contribution in [2.75, 3.05) is 17.2 Å². The number of hydrogen-bond acceptors (Lipinski definition) is 4. The third kappa shape index (κ3) is 3.60. The number of nitrogens with one attached hydrogen (secondary N) is 2. The molecule has 1 rings (SSSR count). The van der Waals surface area contributed by atoms with Gasteiger partial charge in [-0.3, -0.25) is 4.98 Å². The second kappa shape index (κ2) is 4.26. The van der Waals surface area contributed by atoms with Crippen molar-refractivity contribution >= 4 is 11.6 Å². The molecule has 0 aromatic carbocycles. The van der Waals surface area contributed by atoms with Crippen LogP contribution >= 0.6 is 0 Å². The maximum absolute atomic E-state index is 4.36. The predicted octanol–water partition coefficient (Wildman–Crippen LogP) is 2.12. The molecule has 0 atom stereocenters. The average molecular weight is 194 g/mol. The molecule has 1 heterocycles. The Kier molecular flexibility index (Phi) is 3.28. The molecular formula is C10H18N4. The fraction of sp³-hybridized carbons (Fsp3) is 0.600. The summed E-state index contributed by atoms with van der Waals surface area (Å²) >= 11 is 0. The summed E-state index contributed by atoms with van der Waals surface area (Å²) in [6.07, 6.45) is 3.45. The van der Waals surface area contributed by atoms with Crippen LogP contribution in [0.25, 0.3) is 0 Å². The van der Waals surface area contributed by atoms with Crippen LogP contribution in [0.2, 0.25) is 0 Å². The van der Waals surface area contributed by atoms with E-state index < -0.39 is 0 Å². The van der Waals surface area contributed by atoms with E-state index in [1.54, 1.807) is 12.4 Å². The second-order valence-electron chi connectivity index (χ2n) is 4.19. The Morgan fingerprint density at radius 1 is 1.21 bits per heavy atom. The molecule has 0 bridgehead atoms. The van der Waals surface area contributed by atoms with Crippen molar-refractivity contribution in [2.45, 2.75) is 33.2 Å². The van der Waals surface area contributed by atoms with Gasteiger partial charge in [0.25, 0.3) is 0 Å². The highest BCUT2D eigenvalue weighted by molar-refractivity contribution is 5.42. The molecule has 0 aliphatic rings. The van der Waals surface area contributed by atoms with Crippen LogP contribution < -0.4 is 10.6 Å². The van der Waals surface area contributed by atoms with Crippen molar-refractivity contribution in [3.05, 3.63) is 12.4 Å². The first-order chi connectivity index (χ1) is 6.51. The summed E-state index contributed by atoms with van der Waals surface area (Å²) in [5.41, 5.74) is 0.0134. The van der Waals surface area contributed by atoms with E-state index in [2.05, 4.69) is 41.4 Å². The molecule has 0 radical (unpaired) electrons. The zero-order valence-electron chi connectivity index (χ0n) is 9.26. The van der Waals surface area contributed by atoms with E-state index in [4.69, 9.17) is 0 Å². The minimum Gasteiger partial charge on any atom is -0.369 e. The van der Waals surface area contributed by atoms with E-state index in [0.717, 1.165) is 18.2 Å². The molecule has 4 nitrogen and oxygen atoms in total. The predicted molar refractivity (Wildman–Crippen MR) is 59.6 cm³/mol. The number of aromatic nitrogens is 2. The first-order valence-electron chi connectivity index (χ1n) is 4.85. The van der Waals surface area contributed by atoms with Crippen LogP contribution in [0, 0.1) is 0 Å². The Morgan fingerprint density at radius 3 is 2.43 bits per heavy atom. The topological polar surface area (TPSA) is 49.8 Å². The largest absolute Gasteiger partial charge is 0.369 e. The highest BCUT2D eigenvalue weighted by Crippen LogP contribution is 2.12. The summed E-state index contributed by atoms with van der Waals surface area (Å²) in [4.78, 5) is 8.46. The minimum atomic E-state index is 0.0134. The molecule has 14 heavy (non-hydrogen) atoms. The molecule has 0 unspecified atom stereocenters. The molecule has 0 spiro atoms. The Bertz CT molecular complexity index is 290. The van der Waals surface area contributed by atoms with Gasteiger partial charge in [-0.05, 0) is 27.7 Å². The lowest BCUT2D eigenvalue weighted by atomic mass is 10.1. The first kappa shape index (κ1) is 10.8. The monoisotopic (exact) mass is 194 g/mol. The molecule has 0 amide bonds. The molecule has 0 saturated carbocycles. The molecule has 2 N–H and O–H groups in total. The lowest BCUT2D eigenvalue weighted by Gasteiger charge is -2.21. The summed E-state index contributed by atoms with van der Waals surface area (Å²) < 4.78 is 0. The zero-order valence-corrected chi connectivity index (χ0v) is 9.26. The standard InChI is InChI=1S/C10H18N4/c1-5-12-8-6-11-7-9(13-8)14-10(2,3)4/h6-7H,5H2,1-4H3,(H2,12,13,14). The highest BCUT2D eigenvalue weighted by atomic mass is 15.1. The molecule has 78 valence electrons.